The number of ketones is 5. The second-order valence-electron chi connectivity index (χ2n) is 30.6. The highest BCUT2D eigenvalue weighted by atomic mass is 19.2. The van der Waals surface area contributed by atoms with Crippen molar-refractivity contribution in [3.8, 4) is 0 Å². The van der Waals surface area contributed by atoms with Crippen LogP contribution in [0.5, 0.6) is 0 Å². The molecule has 0 heterocycles. The number of hydrogen-bond acceptors (Lipinski definition) is 10. The zero-order chi connectivity index (χ0) is 86.3. The lowest BCUT2D eigenvalue weighted by Gasteiger charge is -2.17. The molecular formula is C108H94F5N5O5. The first-order valence-corrected chi connectivity index (χ1v) is 41.0. The molecule has 0 aliphatic heterocycles. The number of carbonyl (C=O) groups is 5. The second-order valence-corrected chi connectivity index (χ2v) is 30.6. The lowest BCUT2D eigenvalue weighted by molar-refractivity contribution is -0.120. The predicted molar refractivity (Wildman–Crippen MR) is 489 cm³/mol. The van der Waals surface area contributed by atoms with Gasteiger partial charge in [0.2, 0.25) is 0 Å². The highest BCUT2D eigenvalue weighted by Gasteiger charge is 2.27. The SMILES string of the molecule is NCC(C(=O)Cc1ccc2ccccc2c1)c1ccc(F)c(F)c1.NCC(C(=O)Cc1ccc2ccccc2c1)c1ccc(F)cc1.NCC(C(=O)Cc1ccc2ccccc2c1)c1ccc(F)cc1F.NCC(C(=O)Cc1ccc2ccccc2c1)c1ccc2ccccc2c1.NCC(C(=O)Cc1ccc2ccccc2c1)c1cccc2ccccc12. The Kier molecular flexibility index (Phi) is 29.8. The van der Waals surface area contributed by atoms with E-state index in [-0.39, 0.29) is 84.6 Å². The van der Waals surface area contributed by atoms with Gasteiger partial charge in [-0.05, 0) is 161 Å². The summed E-state index contributed by atoms with van der Waals surface area (Å²) in [4.78, 5) is 63.7. The van der Waals surface area contributed by atoms with Gasteiger partial charge < -0.3 is 28.7 Å². The minimum atomic E-state index is -0.968. The minimum absolute atomic E-state index is 0.0189. The minimum Gasteiger partial charge on any atom is -0.329 e. The lowest BCUT2D eigenvalue weighted by atomic mass is 9.87. The molecule has 17 aromatic rings. The predicted octanol–water partition coefficient (Wildman–Crippen LogP) is 21.5. The molecule has 0 spiro atoms. The van der Waals surface area contributed by atoms with E-state index in [2.05, 4.69) is 91.0 Å². The first-order chi connectivity index (χ1) is 59.8. The van der Waals surface area contributed by atoms with Crippen molar-refractivity contribution in [2.24, 2.45) is 28.7 Å². The van der Waals surface area contributed by atoms with Crippen LogP contribution in [0.1, 0.15) is 85.2 Å². The van der Waals surface area contributed by atoms with E-state index in [9.17, 15) is 45.9 Å². The van der Waals surface area contributed by atoms with Gasteiger partial charge >= 0.3 is 0 Å². The van der Waals surface area contributed by atoms with Crippen LogP contribution in [0.25, 0.3) is 75.4 Å². The van der Waals surface area contributed by atoms with Gasteiger partial charge in [-0.2, -0.15) is 0 Å². The number of nitrogens with two attached hydrogens (primary N) is 5. The van der Waals surface area contributed by atoms with Gasteiger partial charge in [-0.3, -0.25) is 24.0 Å². The molecule has 5 unspecified atom stereocenters. The highest BCUT2D eigenvalue weighted by Crippen LogP contribution is 2.32. The Morgan fingerprint density at radius 2 is 0.480 bits per heavy atom. The Balaban J connectivity index is 0.000000132. The average molecular weight is 1640 g/mol. The maximum atomic E-state index is 13.9. The monoisotopic (exact) mass is 1640 g/mol. The van der Waals surface area contributed by atoms with Gasteiger partial charge in [0.15, 0.2) is 11.6 Å². The summed E-state index contributed by atoms with van der Waals surface area (Å²) in [6.07, 6.45) is 1.48. The molecule has 10 N–H and O–H groups in total. The van der Waals surface area contributed by atoms with Crippen LogP contribution in [-0.4, -0.2) is 61.6 Å². The van der Waals surface area contributed by atoms with Crippen molar-refractivity contribution in [3.63, 3.8) is 0 Å². The Labute approximate surface area is 711 Å². The molecule has 0 amide bonds. The van der Waals surface area contributed by atoms with E-state index in [4.69, 9.17) is 28.7 Å². The van der Waals surface area contributed by atoms with Gasteiger partial charge in [-0.15, -0.1) is 0 Å². The fourth-order valence-corrected chi connectivity index (χ4v) is 15.8. The van der Waals surface area contributed by atoms with E-state index >= 15 is 0 Å². The van der Waals surface area contributed by atoms with Crippen LogP contribution in [-0.2, 0) is 56.1 Å². The average Bonchev–Trinajstić information content (AvgIpc) is 0.804. The van der Waals surface area contributed by atoms with Crippen LogP contribution < -0.4 is 28.7 Å². The maximum absolute atomic E-state index is 13.9. The van der Waals surface area contributed by atoms with Crippen molar-refractivity contribution >= 4 is 104 Å². The van der Waals surface area contributed by atoms with Gasteiger partial charge in [-0.1, -0.05) is 322 Å². The molecule has 10 nitrogen and oxygen atoms in total. The summed E-state index contributed by atoms with van der Waals surface area (Å²) in [5.41, 5.74) is 37.2. The summed E-state index contributed by atoms with van der Waals surface area (Å²) in [7, 11) is 0. The summed E-state index contributed by atoms with van der Waals surface area (Å²) in [6, 6.07) is 112. The van der Waals surface area contributed by atoms with E-state index < -0.39 is 41.0 Å². The summed E-state index contributed by atoms with van der Waals surface area (Å²) >= 11 is 0. The Morgan fingerprint density at radius 1 is 0.203 bits per heavy atom. The third-order valence-corrected chi connectivity index (χ3v) is 22.4. The van der Waals surface area contributed by atoms with Crippen molar-refractivity contribution in [3.05, 3.63) is 443 Å². The molecule has 0 saturated heterocycles. The highest BCUT2D eigenvalue weighted by molar-refractivity contribution is 5.98. The van der Waals surface area contributed by atoms with Gasteiger partial charge in [0.05, 0.1) is 29.6 Å². The standard InChI is InChI=1S/2C24H21NO.2C20H17F2NO.C20H18FNO/c25-16-23(22-12-11-19-6-2-4-8-21(19)15-22)24(26)14-17-9-10-18-5-1-3-7-20(18)13-17;25-16-23(22-11-5-9-19-7-3-4-10-21(19)22)24(26)15-17-12-13-18-6-1-2-8-20(18)14-17;21-18-8-7-16(11-19(18)22)17(12-23)20(24)10-13-5-6-14-3-1-2-4-15(14)9-13;21-16-7-8-17(19(22)11-16)18(12-23)20(24)10-13-5-6-14-3-1-2-4-15(14)9-13;21-18-9-7-16(8-10-18)19(13-22)20(23)12-14-5-6-15-3-1-2-4-17(15)11-14/h1-13,15,23H,14,16,25H2;1-14,23H,15-16,25H2;1-9,11,17H,10,12,23H2;1-9,11,18H,10,12,23H2;1-11,19H,12-13,22H2. The van der Waals surface area contributed by atoms with Gasteiger partial charge in [-0.25, -0.2) is 22.0 Å². The van der Waals surface area contributed by atoms with Crippen molar-refractivity contribution in [2.45, 2.75) is 61.7 Å². The van der Waals surface area contributed by atoms with Crippen LogP contribution in [0, 0.1) is 29.1 Å². The number of benzene rings is 17. The summed E-state index contributed by atoms with van der Waals surface area (Å²) in [5, 5.41) is 15.8. The molecule has 15 heteroatoms. The van der Waals surface area contributed by atoms with Crippen LogP contribution in [0.4, 0.5) is 22.0 Å². The van der Waals surface area contributed by atoms with Crippen LogP contribution in [0.15, 0.2) is 358 Å². The molecule has 0 aromatic heterocycles. The molecule has 0 bridgehead atoms. The van der Waals surface area contributed by atoms with Crippen LogP contribution in [0.3, 0.4) is 0 Å². The first-order valence-electron chi connectivity index (χ1n) is 41.0. The van der Waals surface area contributed by atoms with Gasteiger partial charge in [0.1, 0.15) is 46.4 Å². The summed E-state index contributed by atoms with van der Waals surface area (Å²) < 4.78 is 66.5. The van der Waals surface area contributed by atoms with Crippen molar-refractivity contribution in [1.82, 2.24) is 0 Å². The van der Waals surface area contributed by atoms with Crippen molar-refractivity contribution in [1.29, 1.82) is 0 Å². The van der Waals surface area contributed by atoms with Crippen molar-refractivity contribution in [2.75, 3.05) is 32.7 Å². The van der Waals surface area contributed by atoms with E-state index in [1.165, 1.54) is 40.4 Å². The molecule has 0 radical (unpaired) electrons. The number of hydrogen-bond donors (Lipinski definition) is 5. The van der Waals surface area contributed by atoms with E-state index in [0.717, 1.165) is 128 Å². The number of rotatable bonds is 25. The molecule has 616 valence electrons. The van der Waals surface area contributed by atoms with Gasteiger partial charge in [0, 0.05) is 70.9 Å². The molecule has 0 fully saturated rings. The third kappa shape index (κ3) is 22.5. The number of fused-ring (bicyclic) bond motifs is 7. The molecule has 17 aromatic carbocycles. The molecular weight excluding hydrogens is 1540 g/mol. The number of halogens is 5. The molecule has 0 aliphatic carbocycles. The van der Waals surface area contributed by atoms with E-state index in [1.54, 1.807) is 12.1 Å². The topological polar surface area (TPSA) is 215 Å². The Hall–Kier alpha value is -13.6. The third-order valence-electron chi connectivity index (χ3n) is 22.4. The largest absolute Gasteiger partial charge is 0.329 e. The van der Waals surface area contributed by atoms with Crippen LogP contribution in [0.2, 0.25) is 0 Å². The number of Topliss-reactive ketones (excluding diaryl/α,β-unsaturated/α-hetero) is 5. The summed E-state index contributed by atoms with van der Waals surface area (Å²) in [6.45, 7) is 0.898. The van der Waals surface area contributed by atoms with Crippen molar-refractivity contribution < 1.29 is 45.9 Å². The Bertz CT molecular complexity index is 6610. The normalized spacial score (nSPS) is 12.3. The molecule has 5 atom stereocenters. The van der Waals surface area contributed by atoms with Gasteiger partial charge in [0.25, 0.3) is 0 Å². The quantitative estimate of drug-likeness (QED) is 0.0341. The van der Waals surface area contributed by atoms with Crippen LogP contribution >= 0.6 is 0 Å². The lowest BCUT2D eigenvalue weighted by Crippen LogP contribution is -2.24. The zero-order valence-corrected chi connectivity index (χ0v) is 67.8. The molecule has 17 rings (SSSR count). The molecule has 0 saturated carbocycles. The van der Waals surface area contributed by atoms with E-state index in [1.807, 2.05) is 206 Å². The fraction of sp³-hybridized carbons (Fsp3) is 0.139. The zero-order valence-electron chi connectivity index (χ0n) is 67.8. The van der Waals surface area contributed by atoms with E-state index in [0.29, 0.717) is 37.9 Å². The molecule has 0 aliphatic rings. The number of carbonyl (C=O) groups excluding carboxylic acids is 5. The molecule has 123 heavy (non-hydrogen) atoms. The summed E-state index contributed by atoms with van der Waals surface area (Å²) in [5.74, 6) is -5.92. The first kappa shape index (κ1) is 87.2. The second kappa shape index (κ2) is 42.0. The maximum Gasteiger partial charge on any atom is 0.159 e. The Morgan fingerprint density at radius 3 is 0.837 bits per heavy atom. The fourth-order valence-electron chi connectivity index (χ4n) is 15.8. The smallest absolute Gasteiger partial charge is 0.159 e.